The molecule has 2 N–H and O–H groups in total. The van der Waals surface area contributed by atoms with E-state index in [2.05, 4.69) is 10.0 Å². The van der Waals surface area contributed by atoms with Crippen LogP contribution in [-0.2, 0) is 10.0 Å². The Kier molecular flexibility index (Phi) is 5.87. The molecule has 0 atom stereocenters. The minimum absolute atomic E-state index is 0.0210. The Balaban J connectivity index is 1.78. The van der Waals surface area contributed by atoms with Gasteiger partial charge in [0.2, 0.25) is 0 Å². The van der Waals surface area contributed by atoms with Crippen LogP contribution in [0.15, 0.2) is 77.7 Å². The van der Waals surface area contributed by atoms with E-state index < -0.39 is 15.9 Å². The second kappa shape index (κ2) is 8.33. The fraction of sp³-hybridized carbons (Fsp3) is 0.0500. The van der Waals surface area contributed by atoms with Gasteiger partial charge in [-0.15, -0.1) is 0 Å². The first-order valence-electron chi connectivity index (χ1n) is 8.22. The summed E-state index contributed by atoms with van der Waals surface area (Å²) in [5.41, 5.74) is 1.10. The quantitative estimate of drug-likeness (QED) is 0.623. The van der Waals surface area contributed by atoms with E-state index >= 15 is 0 Å². The minimum atomic E-state index is -3.84. The van der Waals surface area contributed by atoms with Gasteiger partial charge >= 0.3 is 0 Å². The molecule has 8 heteroatoms. The zero-order valence-electron chi connectivity index (χ0n) is 14.8. The van der Waals surface area contributed by atoms with Gasteiger partial charge in [-0.25, -0.2) is 8.42 Å². The van der Waals surface area contributed by atoms with E-state index in [1.165, 1.54) is 31.4 Å². The van der Waals surface area contributed by atoms with Crippen molar-refractivity contribution >= 4 is 38.9 Å². The molecule has 0 aliphatic heterocycles. The highest BCUT2D eigenvalue weighted by atomic mass is 35.5. The standard InChI is InChI=1S/C20H17ClN2O4S/c1-27-19-9-5-4-8-18(19)23-28(25,26)15-12-10-14(11-13-15)20(24)22-17-7-3-2-6-16(17)21/h2-13,23H,1H3,(H,22,24). The fourth-order valence-electron chi connectivity index (χ4n) is 2.48. The van der Waals surface area contributed by atoms with Crippen LogP contribution < -0.4 is 14.8 Å². The lowest BCUT2D eigenvalue weighted by atomic mass is 10.2. The topological polar surface area (TPSA) is 84.5 Å². The smallest absolute Gasteiger partial charge is 0.262 e. The van der Waals surface area contributed by atoms with Gasteiger partial charge in [-0.05, 0) is 48.5 Å². The van der Waals surface area contributed by atoms with Gasteiger partial charge in [-0.2, -0.15) is 0 Å². The predicted molar refractivity (Wildman–Crippen MR) is 110 cm³/mol. The predicted octanol–water partition coefficient (Wildman–Crippen LogP) is 4.40. The highest BCUT2D eigenvalue weighted by Crippen LogP contribution is 2.26. The number of carbonyl (C=O) groups is 1. The number of rotatable bonds is 6. The molecule has 28 heavy (non-hydrogen) atoms. The number of benzene rings is 3. The summed E-state index contributed by atoms with van der Waals surface area (Å²) in [6, 6.07) is 19.1. The summed E-state index contributed by atoms with van der Waals surface area (Å²) in [5.74, 6) is 0.0107. The van der Waals surface area contributed by atoms with Crippen LogP contribution in [0.5, 0.6) is 5.75 Å². The third-order valence-electron chi connectivity index (χ3n) is 3.90. The first-order valence-corrected chi connectivity index (χ1v) is 10.1. The molecule has 0 heterocycles. The summed E-state index contributed by atoms with van der Waals surface area (Å²) < 4.78 is 32.8. The number of ether oxygens (including phenoxy) is 1. The lowest BCUT2D eigenvalue weighted by molar-refractivity contribution is 0.102. The lowest BCUT2D eigenvalue weighted by Gasteiger charge is -2.12. The maximum Gasteiger partial charge on any atom is 0.262 e. The summed E-state index contributed by atoms with van der Waals surface area (Å²) >= 11 is 6.03. The molecule has 0 bridgehead atoms. The van der Waals surface area contributed by atoms with Crippen molar-refractivity contribution in [2.45, 2.75) is 4.90 Å². The molecule has 3 aromatic carbocycles. The van der Waals surface area contributed by atoms with E-state index in [1.54, 1.807) is 48.5 Å². The molecule has 0 aliphatic carbocycles. The molecule has 144 valence electrons. The van der Waals surface area contributed by atoms with Crippen LogP contribution in [0.4, 0.5) is 11.4 Å². The molecular formula is C20H17ClN2O4S. The molecule has 3 rings (SSSR count). The molecule has 6 nitrogen and oxygen atoms in total. The lowest BCUT2D eigenvalue weighted by Crippen LogP contribution is -2.15. The number of hydrogen-bond donors (Lipinski definition) is 2. The Bertz CT molecular complexity index is 1100. The average Bonchev–Trinajstić information content (AvgIpc) is 2.70. The molecule has 0 aliphatic rings. The van der Waals surface area contributed by atoms with Gasteiger partial charge in [0, 0.05) is 5.56 Å². The summed E-state index contributed by atoms with van der Waals surface area (Å²) in [4.78, 5) is 12.4. The maximum absolute atomic E-state index is 12.6. The van der Waals surface area contributed by atoms with Gasteiger partial charge < -0.3 is 10.1 Å². The zero-order chi connectivity index (χ0) is 20.1. The molecule has 3 aromatic rings. The Morgan fingerprint density at radius 2 is 1.50 bits per heavy atom. The first kappa shape index (κ1) is 19.7. The number of sulfonamides is 1. The van der Waals surface area contributed by atoms with Crippen LogP contribution in [0.1, 0.15) is 10.4 Å². The maximum atomic E-state index is 12.6. The summed E-state index contributed by atoms with van der Waals surface area (Å²) in [5, 5.41) is 3.10. The molecule has 1 amide bonds. The Labute approximate surface area is 168 Å². The van der Waals surface area contributed by atoms with Crippen molar-refractivity contribution in [3.8, 4) is 5.75 Å². The Hall–Kier alpha value is -3.03. The number of hydrogen-bond acceptors (Lipinski definition) is 4. The van der Waals surface area contributed by atoms with Gasteiger partial charge in [0.15, 0.2) is 0 Å². The molecule has 0 saturated carbocycles. The van der Waals surface area contributed by atoms with Crippen LogP contribution in [-0.4, -0.2) is 21.4 Å². The van der Waals surface area contributed by atoms with Gasteiger partial charge in [0.05, 0.1) is 28.4 Å². The average molecular weight is 417 g/mol. The molecule has 0 unspecified atom stereocenters. The normalized spacial score (nSPS) is 10.9. The van der Waals surface area contributed by atoms with E-state index in [-0.39, 0.29) is 4.90 Å². The molecule has 0 saturated heterocycles. The molecule has 0 fully saturated rings. The SMILES string of the molecule is COc1ccccc1NS(=O)(=O)c1ccc(C(=O)Nc2ccccc2Cl)cc1. The minimum Gasteiger partial charge on any atom is -0.495 e. The monoisotopic (exact) mass is 416 g/mol. The molecule has 0 aromatic heterocycles. The van der Waals surface area contributed by atoms with Gasteiger partial charge in [0.1, 0.15) is 5.75 Å². The third-order valence-corrected chi connectivity index (χ3v) is 5.61. The largest absolute Gasteiger partial charge is 0.495 e. The second-order valence-electron chi connectivity index (χ2n) is 5.76. The van der Waals surface area contributed by atoms with Crippen molar-refractivity contribution < 1.29 is 17.9 Å². The zero-order valence-corrected chi connectivity index (χ0v) is 16.4. The van der Waals surface area contributed by atoms with E-state index in [1.807, 2.05) is 0 Å². The van der Waals surface area contributed by atoms with Crippen LogP contribution in [0.3, 0.4) is 0 Å². The molecule has 0 radical (unpaired) electrons. The van der Waals surface area contributed by atoms with Gasteiger partial charge in [0.25, 0.3) is 15.9 Å². The number of para-hydroxylation sites is 3. The summed E-state index contributed by atoms with van der Waals surface area (Å²) in [6.45, 7) is 0. The fourth-order valence-corrected chi connectivity index (χ4v) is 3.73. The highest BCUT2D eigenvalue weighted by Gasteiger charge is 2.17. The van der Waals surface area contributed by atoms with E-state index in [0.717, 1.165) is 0 Å². The van der Waals surface area contributed by atoms with Crippen molar-refractivity contribution in [2.24, 2.45) is 0 Å². The molecular weight excluding hydrogens is 400 g/mol. The summed E-state index contributed by atoms with van der Waals surface area (Å²) in [7, 11) is -2.38. The molecule has 0 spiro atoms. The van der Waals surface area contributed by atoms with Crippen molar-refractivity contribution in [3.05, 3.63) is 83.4 Å². The number of nitrogens with one attached hydrogen (secondary N) is 2. The van der Waals surface area contributed by atoms with Gasteiger partial charge in [-0.3, -0.25) is 9.52 Å². The van der Waals surface area contributed by atoms with Crippen LogP contribution in [0, 0.1) is 0 Å². The van der Waals surface area contributed by atoms with Crippen molar-refractivity contribution in [3.63, 3.8) is 0 Å². The third kappa shape index (κ3) is 4.44. The number of carbonyl (C=O) groups excluding carboxylic acids is 1. The van der Waals surface area contributed by atoms with E-state index in [9.17, 15) is 13.2 Å². The van der Waals surface area contributed by atoms with Gasteiger partial charge in [-0.1, -0.05) is 35.9 Å². The van der Waals surface area contributed by atoms with Crippen molar-refractivity contribution in [2.75, 3.05) is 17.1 Å². The number of methoxy groups -OCH3 is 1. The van der Waals surface area contributed by atoms with Crippen molar-refractivity contribution in [1.29, 1.82) is 0 Å². The van der Waals surface area contributed by atoms with Crippen LogP contribution >= 0.6 is 11.6 Å². The van der Waals surface area contributed by atoms with Crippen LogP contribution in [0.25, 0.3) is 0 Å². The highest BCUT2D eigenvalue weighted by molar-refractivity contribution is 7.92. The van der Waals surface area contributed by atoms with Crippen LogP contribution in [0.2, 0.25) is 5.02 Å². The van der Waals surface area contributed by atoms with E-state index in [0.29, 0.717) is 27.7 Å². The van der Waals surface area contributed by atoms with E-state index in [4.69, 9.17) is 16.3 Å². The number of halogens is 1. The first-order chi connectivity index (χ1) is 13.4. The summed E-state index contributed by atoms with van der Waals surface area (Å²) in [6.07, 6.45) is 0. The Morgan fingerprint density at radius 3 is 2.14 bits per heavy atom. The number of anilines is 2. The number of amides is 1. The Morgan fingerprint density at radius 1 is 0.893 bits per heavy atom. The van der Waals surface area contributed by atoms with Crippen molar-refractivity contribution in [1.82, 2.24) is 0 Å². The second-order valence-corrected chi connectivity index (χ2v) is 7.85.